The van der Waals surface area contributed by atoms with Crippen LogP contribution < -0.4 is 4.74 Å². The van der Waals surface area contributed by atoms with Crippen molar-refractivity contribution in [2.75, 3.05) is 0 Å². The first kappa shape index (κ1) is 19.4. The summed E-state index contributed by atoms with van der Waals surface area (Å²) in [5, 5.41) is 0. The fourth-order valence-corrected chi connectivity index (χ4v) is 2.69. The van der Waals surface area contributed by atoms with Gasteiger partial charge >= 0.3 is 6.61 Å². The number of rotatable bonds is 8. The third-order valence-electron chi connectivity index (χ3n) is 4.00. The van der Waals surface area contributed by atoms with Gasteiger partial charge in [0.25, 0.3) is 0 Å². The highest BCUT2D eigenvalue weighted by Gasteiger charge is 2.14. The van der Waals surface area contributed by atoms with Gasteiger partial charge in [-0.15, -0.1) is 0 Å². The largest absolute Gasteiger partial charge is 0.467 e. The minimum atomic E-state index is -2.93. The fourth-order valence-electron chi connectivity index (χ4n) is 2.69. The Bertz CT molecular complexity index is 909. The summed E-state index contributed by atoms with van der Waals surface area (Å²) in [7, 11) is 0. The number of hydrogen-bond acceptors (Lipinski definition) is 3. The number of ether oxygens (including phenoxy) is 1. The second-order valence-corrected chi connectivity index (χ2v) is 6.01. The molecule has 1 aromatic heterocycles. The average Bonchev–Trinajstić information content (AvgIpc) is 3.20. The smallest absolute Gasteiger partial charge is 0.387 e. The molecule has 1 amide bonds. The molecule has 4 nitrogen and oxygen atoms in total. The number of nitrogens with zero attached hydrogens (tertiary/aromatic N) is 1. The number of carbonyl (C=O) groups excluding carboxylic acids is 1. The maximum atomic E-state index is 12.8. The normalized spacial score (nSPS) is 11.1. The summed E-state index contributed by atoms with van der Waals surface area (Å²) in [6, 6.07) is 19.4. The van der Waals surface area contributed by atoms with Crippen molar-refractivity contribution in [3.63, 3.8) is 0 Å². The topological polar surface area (TPSA) is 42.7 Å². The van der Waals surface area contributed by atoms with Gasteiger partial charge < -0.3 is 14.1 Å². The molecule has 0 aliphatic heterocycles. The van der Waals surface area contributed by atoms with Crippen molar-refractivity contribution < 1.29 is 22.7 Å². The quantitative estimate of drug-likeness (QED) is 0.507. The molecular formula is C22H19F2NO3. The molecule has 2 aromatic carbocycles. The van der Waals surface area contributed by atoms with E-state index in [0.717, 1.165) is 5.56 Å². The highest BCUT2D eigenvalue weighted by molar-refractivity contribution is 5.92. The first-order valence-electron chi connectivity index (χ1n) is 8.69. The lowest BCUT2D eigenvalue weighted by atomic mass is 10.1. The van der Waals surface area contributed by atoms with Crippen LogP contribution in [0.1, 0.15) is 16.9 Å². The minimum Gasteiger partial charge on any atom is -0.467 e. The number of halogens is 2. The molecule has 3 rings (SSSR count). The van der Waals surface area contributed by atoms with E-state index in [1.165, 1.54) is 18.2 Å². The monoisotopic (exact) mass is 383 g/mol. The predicted octanol–water partition coefficient (Wildman–Crippen LogP) is 5.12. The maximum Gasteiger partial charge on any atom is 0.387 e. The standard InChI is InChI=1S/C22H19F2NO3/c23-22(24)28-20-11-5-4-9-18(20)12-13-21(26)25(16-19-10-6-14-27-19)15-17-7-2-1-3-8-17/h1-14,22H,15-16H2/b13-12+. The van der Waals surface area contributed by atoms with Crippen LogP contribution in [0, 0.1) is 0 Å². The summed E-state index contributed by atoms with van der Waals surface area (Å²) in [4.78, 5) is 14.4. The molecule has 0 bridgehead atoms. The van der Waals surface area contributed by atoms with Crippen LogP contribution in [0.4, 0.5) is 8.78 Å². The van der Waals surface area contributed by atoms with E-state index in [0.29, 0.717) is 24.4 Å². The SMILES string of the molecule is O=C(/C=C/c1ccccc1OC(F)F)N(Cc1ccccc1)Cc1ccco1. The van der Waals surface area contributed by atoms with Gasteiger partial charge in [-0.05, 0) is 29.8 Å². The van der Waals surface area contributed by atoms with E-state index in [4.69, 9.17) is 4.42 Å². The molecule has 0 spiro atoms. The van der Waals surface area contributed by atoms with E-state index in [2.05, 4.69) is 4.74 Å². The van der Waals surface area contributed by atoms with Crippen LogP contribution >= 0.6 is 0 Å². The lowest BCUT2D eigenvalue weighted by Gasteiger charge is -2.20. The Morgan fingerprint density at radius 1 is 1.00 bits per heavy atom. The number of alkyl halides is 2. The summed E-state index contributed by atoms with van der Waals surface area (Å²) in [5.74, 6) is 0.397. The van der Waals surface area contributed by atoms with Crippen molar-refractivity contribution in [3.05, 3.63) is 96.0 Å². The zero-order valence-corrected chi connectivity index (χ0v) is 15.0. The summed E-state index contributed by atoms with van der Waals surface area (Å²) in [5.41, 5.74) is 1.37. The number of para-hydroxylation sites is 1. The molecule has 0 saturated heterocycles. The van der Waals surface area contributed by atoms with Crippen LogP contribution in [0.5, 0.6) is 5.75 Å². The number of carbonyl (C=O) groups is 1. The van der Waals surface area contributed by atoms with Crippen LogP contribution in [-0.4, -0.2) is 17.4 Å². The van der Waals surface area contributed by atoms with Crippen molar-refractivity contribution in [2.45, 2.75) is 19.7 Å². The second kappa shape index (κ2) is 9.50. The van der Waals surface area contributed by atoms with Gasteiger partial charge in [0.15, 0.2) is 0 Å². The molecule has 0 fully saturated rings. The third-order valence-corrected chi connectivity index (χ3v) is 4.00. The van der Waals surface area contributed by atoms with Crippen LogP contribution in [0.15, 0.2) is 83.5 Å². The van der Waals surface area contributed by atoms with Gasteiger partial charge in [-0.1, -0.05) is 48.5 Å². The van der Waals surface area contributed by atoms with Gasteiger partial charge in [0.2, 0.25) is 5.91 Å². The van der Waals surface area contributed by atoms with Crippen molar-refractivity contribution in [2.24, 2.45) is 0 Å². The maximum absolute atomic E-state index is 12.8. The summed E-state index contributed by atoms with van der Waals surface area (Å²) >= 11 is 0. The Morgan fingerprint density at radius 3 is 2.46 bits per heavy atom. The zero-order chi connectivity index (χ0) is 19.8. The van der Waals surface area contributed by atoms with E-state index in [9.17, 15) is 13.6 Å². The van der Waals surface area contributed by atoms with Gasteiger partial charge in [0.1, 0.15) is 11.5 Å². The van der Waals surface area contributed by atoms with Gasteiger partial charge in [-0.2, -0.15) is 8.78 Å². The Kier molecular flexibility index (Phi) is 6.57. The van der Waals surface area contributed by atoms with E-state index < -0.39 is 6.61 Å². The number of furan rings is 1. The molecule has 0 saturated carbocycles. The number of amides is 1. The molecule has 0 atom stereocenters. The predicted molar refractivity (Wildman–Crippen MR) is 102 cm³/mol. The summed E-state index contributed by atoms with van der Waals surface area (Å²) in [6.07, 6.45) is 4.37. The molecule has 3 aromatic rings. The Labute approximate surface area is 161 Å². The van der Waals surface area contributed by atoms with E-state index in [1.807, 2.05) is 30.3 Å². The summed E-state index contributed by atoms with van der Waals surface area (Å²) < 4.78 is 35.0. The Morgan fingerprint density at radius 2 is 1.75 bits per heavy atom. The Balaban J connectivity index is 1.78. The van der Waals surface area contributed by atoms with Crippen molar-refractivity contribution in [3.8, 4) is 5.75 Å². The zero-order valence-electron chi connectivity index (χ0n) is 15.0. The van der Waals surface area contributed by atoms with Gasteiger partial charge in [-0.3, -0.25) is 4.79 Å². The third kappa shape index (κ3) is 5.54. The molecule has 0 aliphatic rings. The number of hydrogen-bond donors (Lipinski definition) is 0. The van der Waals surface area contributed by atoms with Crippen molar-refractivity contribution in [1.82, 2.24) is 4.90 Å². The van der Waals surface area contributed by atoms with Crippen LogP contribution in [0.25, 0.3) is 6.08 Å². The van der Waals surface area contributed by atoms with Gasteiger partial charge in [0, 0.05) is 18.2 Å². The molecule has 1 heterocycles. The molecular weight excluding hydrogens is 364 g/mol. The lowest BCUT2D eigenvalue weighted by molar-refractivity contribution is -0.127. The number of benzene rings is 2. The average molecular weight is 383 g/mol. The molecule has 0 radical (unpaired) electrons. The van der Waals surface area contributed by atoms with E-state index >= 15 is 0 Å². The van der Waals surface area contributed by atoms with Gasteiger partial charge in [0.05, 0.1) is 12.8 Å². The first-order valence-corrected chi connectivity index (χ1v) is 8.69. The minimum absolute atomic E-state index is 0.0159. The fraction of sp³-hybridized carbons (Fsp3) is 0.136. The highest BCUT2D eigenvalue weighted by Crippen LogP contribution is 2.22. The van der Waals surface area contributed by atoms with Crippen LogP contribution in [0.2, 0.25) is 0 Å². The van der Waals surface area contributed by atoms with Crippen molar-refractivity contribution >= 4 is 12.0 Å². The van der Waals surface area contributed by atoms with Crippen molar-refractivity contribution in [1.29, 1.82) is 0 Å². The van der Waals surface area contributed by atoms with Gasteiger partial charge in [-0.25, -0.2) is 0 Å². The van der Waals surface area contributed by atoms with Crippen LogP contribution in [-0.2, 0) is 17.9 Å². The Hall–Kier alpha value is -3.41. The molecule has 28 heavy (non-hydrogen) atoms. The summed E-state index contributed by atoms with van der Waals surface area (Å²) in [6.45, 7) is -2.25. The first-order chi connectivity index (χ1) is 13.6. The van der Waals surface area contributed by atoms with Crippen LogP contribution in [0.3, 0.4) is 0 Å². The van der Waals surface area contributed by atoms with E-state index in [1.54, 1.807) is 41.5 Å². The highest BCUT2D eigenvalue weighted by atomic mass is 19.3. The molecule has 0 N–H and O–H groups in total. The lowest BCUT2D eigenvalue weighted by Crippen LogP contribution is -2.28. The molecule has 0 aliphatic carbocycles. The second-order valence-electron chi connectivity index (χ2n) is 6.01. The molecule has 144 valence electrons. The molecule has 6 heteroatoms. The van der Waals surface area contributed by atoms with E-state index in [-0.39, 0.29) is 11.7 Å². The molecule has 0 unspecified atom stereocenters.